The van der Waals surface area contributed by atoms with Crippen LogP contribution in [0.1, 0.15) is 36.0 Å². The lowest BCUT2D eigenvalue weighted by molar-refractivity contribution is 0.0284. The predicted octanol–water partition coefficient (Wildman–Crippen LogP) is 4.12. The van der Waals surface area contributed by atoms with E-state index in [1.54, 1.807) is 6.20 Å². The summed E-state index contributed by atoms with van der Waals surface area (Å²) in [7, 11) is 0. The number of amides is 1. The molecule has 6 heteroatoms. The van der Waals surface area contributed by atoms with Crippen LogP contribution >= 0.6 is 27.7 Å². The van der Waals surface area contributed by atoms with E-state index in [1.165, 1.54) is 11.8 Å². The van der Waals surface area contributed by atoms with Gasteiger partial charge in [0.25, 0.3) is 5.91 Å². The van der Waals surface area contributed by atoms with Crippen LogP contribution in [0.5, 0.6) is 0 Å². The summed E-state index contributed by atoms with van der Waals surface area (Å²) < 4.78 is 0.935. The molecule has 2 aliphatic heterocycles. The third-order valence-electron chi connectivity index (χ3n) is 4.97. The van der Waals surface area contributed by atoms with Crippen LogP contribution in [0.2, 0.25) is 0 Å². The van der Waals surface area contributed by atoms with Crippen molar-refractivity contribution < 1.29 is 9.90 Å². The molecule has 2 bridgehead atoms. The largest absolute Gasteiger partial charge is 0.393 e. The maximum atomic E-state index is 13.2. The second-order valence-electron chi connectivity index (χ2n) is 6.64. The van der Waals surface area contributed by atoms with Gasteiger partial charge in [-0.05, 0) is 65.9 Å². The van der Waals surface area contributed by atoms with Crippen molar-refractivity contribution in [1.29, 1.82) is 0 Å². The van der Waals surface area contributed by atoms with Crippen LogP contribution in [0.4, 0.5) is 0 Å². The number of benzene rings is 1. The van der Waals surface area contributed by atoms with Crippen LogP contribution in [-0.4, -0.2) is 39.1 Å². The van der Waals surface area contributed by atoms with Crippen LogP contribution in [0.15, 0.2) is 57.0 Å². The number of halogens is 1. The molecule has 1 aromatic heterocycles. The molecule has 2 saturated heterocycles. The molecule has 2 fully saturated rings. The van der Waals surface area contributed by atoms with E-state index in [0.29, 0.717) is 12.8 Å². The Bertz CT molecular complexity index is 769. The summed E-state index contributed by atoms with van der Waals surface area (Å²) in [5.41, 5.74) is 0.727. The first kappa shape index (κ1) is 17.1. The second-order valence-corrected chi connectivity index (χ2v) is 8.61. The average Bonchev–Trinajstić information content (AvgIpc) is 2.88. The zero-order valence-corrected chi connectivity index (χ0v) is 16.0. The van der Waals surface area contributed by atoms with E-state index in [-0.39, 0.29) is 24.1 Å². The number of piperidine rings is 1. The topological polar surface area (TPSA) is 53.4 Å². The van der Waals surface area contributed by atoms with Gasteiger partial charge in [0.2, 0.25) is 0 Å². The summed E-state index contributed by atoms with van der Waals surface area (Å²) in [4.78, 5) is 20.6. The summed E-state index contributed by atoms with van der Waals surface area (Å²) in [6.45, 7) is 0. The second kappa shape index (κ2) is 7.09. The van der Waals surface area contributed by atoms with Gasteiger partial charge in [-0.1, -0.05) is 23.9 Å². The summed E-state index contributed by atoms with van der Waals surface area (Å²) in [5, 5.41) is 10.8. The van der Waals surface area contributed by atoms with Gasteiger partial charge in [-0.3, -0.25) is 4.79 Å². The molecule has 1 aromatic carbocycles. The normalized spacial score (nSPS) is 25.2. The Morgan fingerprint density at radius 2 is 1.88 bits per heavy atom. The number of nitrogens with zero attached hydrogens (tertiary/aromatic N) is 2. The third kappa shape index (κ3) is 3.48. The van der Waals surface area contributed by atoms with Gasteiger partial charge in [-0.2, -0.15) is 0 Å². The lowest BCUT2D eigenvalue weighted by atomic mass is 9.98. The van der Waals surface area contributed by atoms with E-state index in [0.717, 1.165) is 32.8 Å². The van der Waals surface area contributed by atoms with Crippen molar-refractivity contribution in [3.63, 3.8) is 0 Å². The van der Waals surface area contributed by atoms with E-state index in [1.807, 2.05) is 41.3 Å². The molecule has 0 aliphatic carbocycles. The number of aliphatic hydroxyl groups is 1. The van der Waals surface area contributed by atoms with E-state index < -0.39 is 0 Å². The van der Waals surface area contributed by atoms with E-state index in [2.05, 4.69) is 20.9 Å². The van der Waals surface area contributed by atoms with Gasteiger partial charge in [0.15, 0.2) is 0 Å². The predicted molar refractivity (Wildman–Crippen MR) is 101 cm³/mol. The summed E-state index contributed by atoms with van der Waals surface area (Å²) in [6.07, 6.45) is 4.89. The Morgan fingerprint density at radius 3 is 2.56 bits per heavy atom. The summed E-state index contributed by atoms with van der Waals surface area (Å²) in [5.74, 6) is 0.0830. The number of rotatable bonds is 3. The number of hydrogen-bond donors (Lipinski definition) is 1. The Hall–Kier alpha value is -1.37. The van der Waals surface area contributed by atoms with Crippen LogP contribution in [0, 0.1) is 0 Å². The zero-order valence-electron chi connectivity index (χ0n) is 13.6. The number of carbonyl (C=O) groups excluding carboxylic acids is 1. The lowest BCUT2D eigenvalue weighted by Crippen LogP contribution is -2.48. The monoisotopic (exact) mass is 418 g/mol. The molecule has 3 heterocycles. The van der Waals surface area contributed by atoms with E-state index in [4.69, 9.17) is 0 Å². The molecule has 2 atom stereocenters. The Morgan fingerprint density at radius 1 is 1.16 bits per heavy atom. The van der Waals surface area contributed by atoms with Gasteiger partial charge in [0.1, 0.15) is 5.03 Å². The molecular formula is C19H19BrN2O2S. The van der Waals surface area contributed by atoms with Crippen molar-refractivity contribution in [1.82, 2.24) is 9.88 Å². The van der Waals surface area contributed by atoms with Crippen molar-refractivity contribution in [2.24, 2.45) is 0 Å². The fourth-order valence-electron chi connectivity index (χ4n) is 3.89. The molecule has 0 unspecified atom stereocenters. The van der Waals surface area contributed by atoms with E-state index >= 15 is 0 Å². The molecule has 25 heavy (non-hydrogen) atoms. The standard InChI is InChI=1S/C19H19BrN2O2S/c20-12-5-8-18(21-11-12)25-17-4-2-1-3-16(17)19(24)22-13-6-7-14(22)10-15(23)9-13/h1-5,8,11,13-15,23H,6-7,9-10H2/t13-,14-/m0/s1. The third-order valence-corrected chi connectivity index (χ3v) is 6.47. The number of aromatic nitrogens is 1. The first-order chi connectivity index (χ1) is 12.1. The maximum Gasteiger partial charge on any atom is 0.255 e. The first-order valence-corrected chi connectivity index (χ1v) is 10.1. The highest BCUT2D eigenvalue weighted by molar-refractivity contribution is 9.10. The smallest absolute Gasteiger partial charge is 0.255 e. The zero-order chi connectivity index (χ0) is 17.4. The van der Waals surface area contributed by atoms with Gasteiger partial charge in [0, 0.05) is 27.6 Å². The molecule has 0 radical (unpaired) electrons. The molecule has 1 N–H and O–H groups in total. The summed E-state index contributed by atoms with van der Waals surface area (Å²) >= 11 is 4.90. The maximum absolute atomic E-state index is 13.2. The number of carbonyl (C=O) groups is 1. The average molecular weight is 419 g/mol. The van der Waals surface area contributed by atoms with Crippen molar-refractivity contribution in [3.8, 4) is 0 Å². The Kier molecular flexibility index (Phi) is 4.84. The molecule has 0 spiro atoms. The van der Waals surface area contributed by atoms with Gasteiger partial charge in [0.05, 0.1) is 11.7 Å². The molecular weight excluding hydrogens is 400 g/mol. The highest BCUT2D eigenvalue weighted by Gasteiger charge is 2.43. The van der Waals surface area contributed by atoms with Crippen LogP contribution < -0.4 is 0 Å². The highest BCUT2D eigenvalue weighted by Crippen LogP contribution is 2.38. The number of hydrogen-bond acceptors (Lipinski definition) is 4. The minimum absolute atomic E-state index is 0.0830. The Labute approximate surface area is 159 Å². The van der Waals surface area contributed by atoms with Crippen molar-refractivity contribution in [2.75, 3.05) is 0 Å². The Balaban J connectivity index is 1.60. The molecule has 4 nitrogen and oxygen atoms in total. The molecule has 2 aromatic rings. The fraction of sp³-hybridized carbons (Fsp3) is 0.368. The molecule has 1 amide bonds. The number of pyridine rings is 1. The minimum Gasteiger partial charge on any atom is -0.393 e. The molecule has 0 saturated carbocycles. The van der Waals surface area contributed by atoms with Gasteiger partial charge >= 0.3 is 0 Å². The molecule has 130 valence electrons. The van der Waals surface area contributed by atoms with Crippen LogP contribution in [0.3, 0.4) is 0 Å². The first-order valence-electron chi connectivity index (χ1n) is 8.51. The minimum atomic E-state index is -0.266. The molecule has 2 aliphatic rings. The fourth-order valence-corrected chi connectivity index (χ4v) is 5.00. The van der Waals surface area contributed by atoms with E-state index in [9.17, 15) is 9.90 Å². The van der Waals surface area contributed by atoms with Gasteiger partial charge in [-0.15, -0.1) is 0 Å². The van der Waals surface area contributed by atoms with Crippen LogP contribution in [0.25, 0.3) is 0 Å². The van der Waals surface area contributed by atoms with Crippen LogP contribution in [-0.2, 0) is 0 Å². The highest BCUT2D eigenvalue weighted by atomic mass is 79.9. The van der Waals surface area contributed by atoms with Gasteiger partial charge < -0.3 is 10.0 Å². The van der Waals surface area contributed by atoms with Crippen molar-refractivity contribution in [2.45, 2.75) is 53.8 Å². The van der Waals surface area contributed by atoms with Crippen molar-refractivity contribution >= 4 is 33.6 Å². The number of fused-ring (bicyclic) bond motifs is 2. The SMILES string of the molecule is O=C(c1ccccc1Sc1ccc(Br)cn1)N1[C@H]2CC[C@H]1CC(O)C2. The lowest BCUT2D eigenvalue weighted by Gasteiger charge is -2.37. The summed E-state index contributed by atoms with van der Waals surface area (Å²) in [6, 6.07) is 12.0. The quantitative estimate of drug-likeness (QED) is 0.813. The van der Waals surface area contributed by atoms with Gasteiger partial charge in [-0.25, -0.2) is 4.98 Å². The number of aliphatic hydroxyl groups excluding tert-OH is 1. The van der Waals surface area contributed by atoms with Crippen molar-refractivity contribution in [3.05, 3.63) is 52.6 Å². The molecule has 4 rings (SSSR count).